The first-order valence-corrected chi connectivity index (χ1v) is 5.06. The lowest BCUT2D eigenvalue weighted by Crippen LogP contribution is -2.20. The van der Waals surface area contributed by atoms with E-state index < -0.39 is 0 Å². The van der Waals surface area contributed by atoms with Gasteiger partial charge in [-0.15, -0.1) is 0 Å². The Bertz CT molecular complexity index is 206. The first-order chi connectivity index (χ1) is 6.33. The average Bonchev–Trinajstić information content (AvgIpc) is 2.57. The van der Waals surface area contributed by atoms with Crippen molar-refractivity contribution in [3.05, 3.63) is 24.2 Å². The Balaban J connectivity index is 2.07. The molecule has 0 aromatic carbocycles. The molecule has 0 fully saturated rings. The summed E-state index contributed by atoms with van der Waals surface area (Å²) in [5.74, 6) is 1.78. The molecule has 1 rings (SSSR count). The Morgan fingerprint density at radius 2 is 2.38 bits per heavy atom. The molecule has 0 aliphatic carbocycles. The van der Waals surface area contributed by atoms with Gasteiger partial charge in [0.15, 0.2) is 0 Å². The third kappa shape index (κ3) is 4.13. The summed E-state index contributed by atoms with van der Waals surface area (Å²) in [7, 11) is 0. The highest BCUT2D eigenvalue weighted by Gasteiger charge is 2.00. The van der Waals surface area contributed by atoms with Gasteiger partial charge in [0, 0.05) is 0 Å². The van der Waals surface area contributed by atoms with Crippen molar-refractivity contribution in [3.8, 4) is 0 Å². The summed E-state index contributed by atoms with van der Waals surface area (Å²) in [5.41, 5.74) is 0. The quantitative estimate of drug-likeness (QED) is 0.730. The van der Waals surface area contributed by atoms with Gasteiger partial charge in [0.25, 0.3) is 0 Å². The Kier molecular flexibility index (Phi) is 4.61. The Morgan fingerprint density at radius 1 is 1.54 bits per heavy atom. The van der Waals surface area contributed by atoms with E-state index in [2.05, 4.69) is 19.2 Å². The fraction of sp³-hybridized carbons (Fsp3) is 0.636. The second-order valence-electron chi connectivity index (χ2n) is 3.60. The number of hydrogen-bond acceptors (Lipinski definition) is 2. The molecule has 1 heterocycles. The Morgan fingerprint density at radius 3 is 3.00 bits per heavy atom. The summed E-state index contributed by atoms with van der Waals surface area (Å²) >= 11 is 0. The molecule has 1 aromatic heterocycles. The van der Waals surface area contributed by atoms with E-state index in [0.717, 1.165) is 24.8 Å². The predicted molar refractivity (Wildman–Crippen MR) is 54.5 cm³/mol. The number of nitrogens with one attached hydrogen (secondary N) is 1. The number of furan rings is 1. The lowest BCUT2D eigenvalue weighted by atomic mass is 10.1. The molecule has 0 spiro atoms. The summed E-state index contributed by atoms with van der Waals surface area (Å²) in [6.07, 6.45) is 4.28. The SMILES string of the molecule is CCC[C@@H](C)CNCc1ccco1. The molecule has 0 saturated heterocycles. The van der Waals surface area contributed by atoms with Gasteiger partial charge in [-0.2, -0.15) is 0 Å². The maximum atomic E-state index is 5.21. The second-order valence-corrected chi connectivity index (χ2v) is 3.60. The van der Waals surface area contributed by atoms with Crippen LogP contribution in [0.3, 0.4) is 0 Å². The smallest absolute Gasteiger partial charge is 0.117 e. The van der Waals surface area contributed by atoms with Gasteiger partial charge in [-0.05, 0) is 31.0 Å². The summed E-state index contributed by atoms with van der Waals surface area (Å²) < 4.78 is 5.21. The van der Waals surface area contributed by atoms with Crippen LogP contribution in [0.1, 0.15) is 32.4 Å². The van der Waals surface area contributed by atoms with Crippen LogP contribution >= 0.6 is 0 Å². The zero-order valence-corrected chi connectivity index (χ0v) is 8.55. The van der Waals surface area contributed by atoms with Gasteiger partial charge < -0.3 is 9.73 Å². The van der Waals surface area contributed by atoms with Crippen LogP contribution in [0, 0.1) is 5.92 Å². The standard InChI is InChI=1S/C11H19NO/c1-3-5-10(2)8-12-9-11-6-4-7-13-11/h4,6-7,10,12H,3,5,8-9H2,1-2H3/t10-/m1/s1. The molecule has 1 aromatic rings. The summed E-state index contributed by atoms with van der Waals surface area (Å²) in [6, 6.07) is 3.92. The molecule has 0 unspecified atom stereocenters. The van der Waals surface area contributed by atoms with Crippen molar-refractivity contribution in [2.24, 2.45) is 5.92 Å². The topological polar surface area (TPSA) is 25.2 Å². The van der Waals surface area contributed by atoms with E-state index in [4.69, 9.17) is 4.42 Å². The number of hydrogen-bond donors (Lipinski definition) is 1. The van der Waals surface area contributed by atoms with E-state index in [9.17, 15) is 0 Å². The van der Waals surface area contributed by atoms with Gasteiger partial charge in [-0.3, -0.25) is 0 Å². The lowest BCUT2D eigenvalue weighted by molar-refractivity contribution is 0.438. The maximum Gasteiger partial charge on any atom is 0.117 e. The second kappa shape index (κ2) is 5.81. The predicted octanol–water partition coefficient (Wildman–Crippen LogP) is 2.81. The summed E-state index contributed by atoms with van der Waals surface area (Å²) in [4.78, 5) is 0. The molecule has 2 heteroatoms. The zero-order valence-electron chi connectivity index (χ0n) is 8.55. The van der Waals surface area contributed by atoms with Crippen LogP contribution in [0.5, 0.6) is 0 Å². The van der Waals surface area contributed by atoms with E-state index >= 15 is 0 Å². The fourth-order valence-corrected chi connectivity index (χ4v) is 1.45. The van der Waals surface area contributed by atoms with Crippen LogP contribution in [0.4, 0.5) is 0 Å². The van der Waals surface area contributed by atoms with Crippen LogP contribution in [-0.2, 0) is 6.54 Å². The maximum absolute atomic E-state index is 5.21. The summed E-state index contributed by atoms with van der Waals surface area (Å²) in [5, 5.41) is 3.38. The molecule has 13 heavy (non-hydrogen) atoms. The summed E-state index contributed by atoms with van der Waals surface area (Å²) in [6.45, 7) is 6.43. The van der Waals surface area contributed by atoms with Gasteiger partial charge in [-0.1, -0.05) is 20.3 Å². The van der Waals surface area contributed by atoms with E-state index in [0.29, 0.717) is 0 Å². The minimum atomic E-state index is 0.764. The molecule has 0 aliphatic rings. The first-order valence-electron chi connectivity index (χ1n) is 5.06. The van der Waals surface area contributed by atoms with Gasteiger partial charge in [-0.25, -0.2) is 0 Å². The van der Waals surface area contributed by atoms with Gasteiger partial charge >= 0.3 is 0 Å². The molecular formula is C11H19NO. The van der Waals surface area contributed by atoms with Crippen molar-refractivity contribution >= 4 is 0 Å². The Hall–Kier alpha value is -0.760. The average molecular weight is 181 g/mol. The molecule has 0 saturated carbocycles. The largest absolute Gasteiger partial charge is 0.468 e. The van der Waals surface area contributed by atoms with E-state index in [1.165, 1.54) is 12.8 Å². The molecule has 2 nitrogen and oxygen atoms in total. The van der Waals surface area contributed by atoms with E-state index in [-0.39, 0.29) is 0 Å². The Labute approximate surface area is 80.3 Å². The highest BCUT2D eigenvalue weighted by Crippen LogP contribution is 2.04. The molecule has 1 atom stereocenters. The van der Waals surface area contributed by atoms with Gasteiger partial charge in [0.05, 0.1) is 12.8 Å². The van der Waals surface area contributed by atoms with Gasteiger partial charge in [0.2, 0.25) is 0 Å². The van der Waals surface area contributed by atoms with E-state index in [1.807, 2.05) is 12.1 Å². The van der Waals surface area contributed by atoms with Gasteiger partial charge in [0.1, 0.15) is 5.76 Å². The highest BCUT2D eigenvalue weighted by atomic mass is 16.3. The normalized spacial score (nSPS) is 13.1. The molecule has 74 valence electrons. The van der Waals surface area contributed by atoms with Crippen molar-refractivity contribution in [1.82, 2.24) is 5.32 Å². The van der Waals surface area contributed by atoms with Crippen LogP contribution in [-0.4, -0.2) is 6.54 Å². The third-order valence-corrected chi connectivity index (χ3v) is 2.15. The van der Waals surface area contributed by atoms with Crippen LogP contribution in [0.2, 0.25) is 0 Å². The zero-order chi connectivity index (χ0) is 9.52. The first kappa shape index (κ1) is 10.3. The molecular weight excluding hydrogens is 162 g/mol. The lowest BCUT2D eigenvalue weighted by Gasteiger charge is -2.09. The van der Waals surface area contributed by atoms with Crippen molar-refractivity contribution in [3.63, 3.8) is 0 Å². The number of rotatable bonds is 6. The minimum Gasteiger partial charge on any atom is -0.468 e. The minimum absolute atomic E-state index is 0.764. The van der Waals surface area contributed by atoms with Crippen LogP contribution in [0.15, 0.2) is 22.8 Å². The fourth-order valence-electron chi connectivity index (χ4n) is 1.45. The van der Waals surface area contributed by atoms with Crippen molar-refractivity contribution in [1.29, 1.82) is 0 Å². The molecule has 1 N–H and O–H groups in total. The third-order valence-electron chi connectivity index (χ3n) is 2.15. The molecule has 0 bridgehead atoms. The molecule has 0 aliphatic heterocycles. The highest BCUT2D eigenvalue weighted by molar-refractivity contribution is 4.97. The van der Waals surface area contributed by atoms with Crippen molar-refractivity contribution in [2.45, 2.75) is 33.2 Å². The van der Waals surface area contributed by atoms with E-state index in [1.54, 1.807) is 6.26 Å². The monoisotopic (exact) mass is 181 g/mol. The molecule has 0 radical (unpaired) electrons. The van der Waals surface area contributed by atoms with Crippen LogP contribution < -0.4 is 5.32 Å². The molecule has 0 amide bonds. The van der Waals surface area contributed by atoms with Crippen LogP contribution in [0.25, 0.3) is 0 Å². The van der Waals surface area contributed by atoms with Crippen molar-refractivity contribution < 1.29 is 4.42 Å². The van der Waals surface area contributed by atoms with Crippen molar-refractivity contribution in [2.75, 3.05) is 6.54 Å².